The van der Waals surface area contributed by atoms with E-state index >= 15 is 0 Å². The summed E-state index contributed by atoms with van der Waals surface area (Å²) in [6, 6.07) is 3.02. The van der Waals surface area contributed by atoms with Crippen molar-refractivity contribution in [3.8, 4) is 0 Å². The van der Waals surface area contributed by atoms with Crippen LogP contribution in [0.2, 0.25) is 0 Å². The first-order valence-corrected chi connectivity index (χ1v) is 4.74. The minimum Gasteiger partial charge on any atom is -0.394 e. The number of aliphatic hydroxyl groups excluding tert-OH is 1. The van der Waals surface area contributed by atoms with E-state index < -0.39 is 0 Å². The lowest BCUT2D eigenvalue weighted by Crippen LogP contribution is -2.15. The van der Waals surface area contributed by atoms with Gasteiger partial charge in [-0.3, -0.25) is 4.79 Å². The van der Waals surface area contributed by atoms with E-state index in [4.69, 9.17) is 9.84 Å². The Balaban J connectivity index is 2.09. The third-order valence-corrected chi connectivity index (χ3v) is 2.44. The molecule has 0 aliphatic carbocycles. The van der Waals surface area contributed by atoms with E-state index in [0.29, 0.717) is 0 Å². The molecule has 1 aliphatic heterocycles. The topological polar surface area (TPSA) is 51.5 Å². The van der Waals surface area contributed by atoms with Gasteiger partial charge in [0.15, 0.2) is 5.43 Å². The maximum atomic E-state index is 10.9. The first-order valence-electron chi connectivity index (χ1n) is 4.74. The predicted molar refractivity (Wildman–Crippen MR) is 50.9 cm³/mol. The summed E-state index contributed by atoms with van der Waals surface area (Å²) in [5.74, 6) is 0. The van der Waals surface area contributed by atoms with Gasteiger partial charge in [-0.05, 0) is 12.8 Å². The van der Waals surface area contributed by atoms with E-state index in [1.807, 2.05) is 4.57 Å². The summed E-state index contributed by atoms with van der Waals surface area (Å²) in [5, 5.41) is 8.89. The van der Waals surface area contributed by atoms with Crippen LogP contribution >= 0.6 is 0 Å². The van der Waals surface area contributed by atoms with E-state index in [1.54, 1.807) is 12.4 Å². The molecule has 1 fully saturated rings. The van der Waals surface area contributed by atoms with Crippen LogP contribution in [0, 0.1) is 0 Å². The fourth-order valence-corrected chi connectivity index (χ4v) is 1.66. The standard InChI is InChI=1S/C10H13NO3/c12-7-9-1-2-10(14-9)11-5-3-8(13)4-6-11/h3-6,9-10,12H,1-2,7H2. The van der Waals surface area contributed by atoms with Crippen LogP contribution in [0.5, 0.6) is 0 Å². The van der Waals surface area contributed by atoms with Crippen LogP contribution in [0.4, 0.5) is 0 Å². The summed E-state index contributed by atoms with van der Waals surface area (Å²) in [6.45, 7) is 0.0662. The Hall–Kier alpha value is -1.13. The van der Waals surface area contributed by atoms with Crippen LogP contribution < -0.4 is 5.43 Å². The second kappa shape index (κ2) is 3.94. The van der Waals surface area contributed by atoms with Crippen molar-refractivity contribution >= 4 is 0 Å². The van der Waals surface area contributed by atoms with E-state index in [2.05, 4.69) is 0 Å². The van der Waals surface area contributed by atoms with Crippen molar-refractivity contribution in [3.63, 3.8) is 0 Å². The van der Waals surface area contributed by atoms with Crippen molar-refractivity contribution in [3.05, 3.63) is 34.7 Å². The lowest BCUT2D eigenvalue weighted by Gasteiger charge is -2.15. The molecule has 2 unspecified atom stereocenters. The minimum atomic E-state index is -0.0561. The number of pyridine rings is 1. The number of hydrogen-bond donors (Lipinski definition) is 1. The zero-order valence-electron chi connectivity index (χ0n) is 7.80. The zero-order valence-corrected chi connectivity index (χ0v) is 7.80. The van der Waals surface area contributed by atoms with Crippen molar-refractivity contribution in [1.82, 2.24) is 4.57 Å². The molecule has 0 aromatic carbocycles. The number of rotatable bonds is 2. The van der Waals surface area contributed by atoms with Gasteiger partial charge >= 0.3 is 0 Å². The molecule has 1 aromatic heterocycles. The summed E-state index contributed by atoms with van der Waals surface area (Å²) in [6.07, 6.45) is 5.09. The van der Waals surface area contributed by atoms with Gasteiger partial charge in [-0.15, -0.1) is 0 Å². The summed E-state index contributed by atoms with van der Waals surface area (Å²) in [4.78, 5) is 10.9. The van der Waals surface area contributed by atoms with Crippen molar-refractivity contribution < 1.29 is 9.84 Å². The van der Waals surface area contributed by atoms with Gasteiger partial charge in [0.05, 0.1) is 12.7 Å². The third-order valence-electron chi connectivity index (χ3n) is 2.44. The molecule has 0 saturated carbocycles. The Morgan fingerprint density at radius 1 is 1.43 bits per heavy atom. The van der Waals surface area contributed by atoms with Gasteiger partial charge in [-0.25, -0.2) is 0 Å². The van der Waals surface area contributed by atoms with Crippen LogP contribution in [-0.4, -0.2) is 22.4 Å². The monoisotopic (exact) mass is 195 g/mol. The molecule has 76 valence electrons. The molecule has 1 N–H and O–H groups in total. The van der Waals surface area contributed by atoms with Crippen LogP contribution in [-0.2, 0) is 4.74 Å². The van der Waals surface area contributed by atoms with Gasteiger partial charge in [0.25, 0.3) is 0 Å². The lowest BCUT2D eigenvalue weighted by atomic mass is 10.2. The maximum Gasteiger partial charge on any atom is 0.181 e. The Morgan fingerprint density at radius 2 is 2.14 bits per heavy atom. The van der Waals surface area contributed by atoms with Crippen molar-refractivity contribution in [2.45, 2.75) is 25.2 Å². The molecule has 4 nitrogen and oxygen atoms in total. The minimum absolute atomic E-state index is 0.00189. The first-order chi connectivity index (χ1) is 6.79. The van der Waals surface area contributed by atoms with Crippen LogP contribution in [0.1, 0.15) is 19.1 Å². The molecule has 0 spiro atoms. The molecule has 2 rings (SSSR count). The summed E-state index contributed by atoms with van der Waals surface area (Å²) >= 11 is 0. The van der Waals surface area contributed by atoms with Gasteiger partial charge in [-0.2, -0.15) is 0 Å². The number of ether oxygens (including phenoxy) is 1. The Bertz CT molecular complexity index is 340. The molecule has 1 saturated heterocycles. The van der Waals surface area contributed by atoms with Gasteiger partial charge in [-0.1, -0.05) is 0 Å². The molecule has 2 heterocycles. The molecule has 1 aromatic rings. The number of aliphatic hydroxyl groups is 1. The Kier molecular flexibility index (Phi) is 2.65. The highest BCUT2D eigenvalue weighted by Crippen LogP contribution is 2.27. The van der Waals surface area contributed by atoms with Crippen molar-refractivity contribution in [2.75, 3.05) is 6.61 Å². The molecule has 1 aliphatic rings. The van der Waals surface area contributed by atoms with Gasteiger partial charge < -0.3 is 14.4 Å². The molecular formula is C10H13NO3. The fraction of sp³-hybridized carbons (Fsp3) is 0.500. The second-order valence-corrected chi connectivity index (χ2v) is 3.45. The quantitative estimate of drug-likeness (QED) is 0.748. The van der Waals surface area contributed by atoms with E-state index in [9.17, 15) is 4.79 Å². The number of nitrogens with zero attached hydrogens (tertiary/aromatic N) is 1. The average molecular weight is 195 g/mol. The van der Waals surface area contributed by atoms with E-state index in [1.165, 1.54) is 12.1 Å². The smallest absolute Gasteiger partial charge is 0.181 e. The largest absolute Gasteiger partial charge is 0.394 e. The average Bonchev–Trinajstić information content (AvgIpc) is 2.67. The summed E-state index contributed by atoms with van der Waals surface area (Å²) in [5.41, 5.74) is -0.00189. The SMILES string of the molecule is O=c1ccn(C2CCC(CO)O2)cc1. The highest BCUT2D eigenvalue weighted by molar-refractivity contribution is 4.95. The van der Waals surface area contributed by atoms with Crippen LogP contribution in [0.25, 0.3) is 0 Å². The molecule has 0 bridgehead atoms. The highest BCUT2D eigenvalue weighted by atomic mass is 16.5. The van der Waals surface area contributed by atoms with Gasteiger partial charge in [0, 0.05) is 24.5 Å². The molecule has 4 heteroatoms. The number of aromatic nitrogens is 1. The Morgan fingerprint density at radius 3 is 2.71 bits per heavy atom. The molecule has 2 atom stereocenters. The maximum absolute atomic E-state index is 10.9. The first kappa shape index (κ1) is 9.43. The molecule has 0 radical (unpaired) electrons. The van der Waals surface area contributed by atoms with Crippen LogP contribution in [0.15, 0.2) is 29.3 Å². The van der Waals surface area contributed by atoms with Gasteiger partial charge in [0.2, 0.25) is 0 Å². The van der Waals surface area contributed by atoms with Crippen molar-refractivity contribution in [2.24, 2.45) is 0 Å². The fourth-order valence-electron chi connectivity index (χ4n) is 1.66. The van der Waals surface area contributed by atoms with E-state index in [0.717, 1.165) is 12.8 Å². The molecule has 14 heavy (non-hydrogen) atoms. The summed E-state index contributed by atoms with van der Waals surface area (Å²) in [7, 11) is 0. The van der Waals surface area contributed by atoms with Gasteiger partial charge in [0.1, 0.15) is 6.23 Å². The third kappa shape index (κ3) is 1.86. The normalized spacial score (nSPS) is 26.6. The zero-order chi connectivity index (χ0) is 9.97. The number of hydrogen-bond acceptors (Lipinski definition) is 3. The highest BCUT2D eigenvalue weighted by Gasteiger charge is 2.24. The Labute approximate surface area is 81.7 Å². The van der Waals surface area contributed by atoms with Crippen LogP contribution in [0.3, 0.4) is 0 Å². The van der Waals surface area contributed by atoms with Crippen molar-refractivity contribution in [1.29, 1.82) is 0 Å². The summed E-state index contributed by atoms with van der Waals surface area (Å²) < 4.78 is 7.41. The predicted octanol–water partition coefficient (Wildman–Crippen LogP) is 0.518. The second-order valence-electron chi connectivity index (χ2n) is 3.45. The molecular weight excluding hydrogens is 182 g/mol. The lowest BCUT2D eigenvalue weighted by molar-refractivity contribution is -0.0226. The van der Waals surface area contributed by atoms with E-state index in [-0.39, 0.29) is 24.4 Å². The molecule has 0 amide bonds.